The van der Waals surface area contributed by atoms with Crippen LogP contribution in [0.5, 0.6) is 0 Å². The monoisotopic (exact) mass is 568 g/mol. The molecule has 1 aliphatic heterocycles. The standard InChI is InChI=1S/C25H22ClF5N6O2/c1-12-9-14(13(2)32-16-3-4-18(26)34-20(16)22(38)39)19-15(10-12)21-33-17(25(29,30)31)11-37(21)23(35-19)36-7-5-24(27,28)6-8-36/h3-4,9-11,13,32H,5-8H2,1-2H3,(H,38,39). The number of carbonyl (C=O) groups is 1. The van der Waals surface area contributed by atoms with Crippen LogP contribution < -0.4 is 10.2 Å². The summed E-state index contributed by atoms with van der Waals surface area (Å²) >= 11 is 5.86. The van der Waals surface area contributed by atoms with E-state index >= 15 is 0 Å². The predicted octanol–water partition coefficient (Wildman–Crippen LogP) is 6.36. The molecule has 1 aromatic carbocycles. The molecule has 0 spiro atoms. The van der Waals surface area contributed by atoms with Crippen molar-refractivity contribution in [2.75, 3.05) is 23.3 Å². The summed E-state index contributed by atoms with van der Waals surface area (Å²) in [4.78, 5) is 25.7. The van der Waals surface area contributed by atoms with Gasteiger partial charge in [0.2, 0.25) is 5.95 Å². The molecule has 4 heterocycles. The van der Waals surface area contributed by atoms with Crippen LogP contribution in [0.2, 0.25) is 5.15 Å². The Morgan fingerprint density at radius 3 is 2.49 bits per heavy atom. The number of pyridine rings is 1. The SMILES string of the molecule is Cc1cc(C(C)Nc2ccc(Cl)nc2C(=O)O)c2nc(N3CCC(F)(F)CC3)n3cc(C(F)(F)F)nc3c2c1. The lowest BCUT2D eigenvalue weighted by atomic mass is 10.0. The molecule has 2 N–H and O–H groups in total. The van der Waals surface area contributed by atoms with Gasteiger partial charge in [-0.25, -0.2) is 28.5 Å². The van der Waals surface area contributed by atoms with Crippen molar-refractivity contribution in [1.82, 2.24) is 19.4 Å². The largest absolute Gasteiger partial charge is 0.476 e. The highest BCUT2D eigenvalue weighted by Crippen LogP contribution is 2.37. The number of aromatic nitrogens is 4. The molecule has 1 saturated heterocycles. The molecule has 0 aliphatic carbocycles. The second-order valence-corrected chi connectivity index (χ2v) is 9.91. The molecule has 1 unspecified atom stereocenters. The van der Waals surface area contributed by atoms with E-state index in [9.17, 15) is 31.9 Å². The van der Waals surface area contributed by atoms with Gasteiger partial charge in [-0.1, -0.05) is 17.7 Å². The lowest BCUT2D eigenvalue weighted by molar-refractivity contribution is -0.140. The minimum atomic E-state index is -4.74. The van der Waals surface area contributed by atoms with Gasteiger partial charge in [0.1, 0.15) is 10.8 Å². The Morgan fingerprint density at radius 2 is 1.85 bits per heavy atom. The molecule has 1 fully saturated rings. The van der Waals surface area contributed by atoms with Gasteiger partial charge < -0.3 is 15.3 Å². The number of carboxylic acid groups (broad SMARTS) is 1. The molecular formula is C25H22ClF5N6O2. The molecule has 14 heteroatoms. The number of hydrogen-bond acceptors (Lipinski definition) is 6. The summed E-state index contributed by atoms with van der Waals surface area (Å²) in [7, 11) is 0. The van der Waals surface area contributed by atoms with E-state index in [-0.39, 0.29) is 41.2 Å². The van der Waals surface area contributed by atoms with Crippen molar-refractivity contribution in [1.29, 1.82) is 0 Å². The van der Waals surface area contributed by atoms with Crippen LogP contribution in [0.4, 0.5) is 33.6 Å². The van der Waals surface area contributed by atoms with Gasteiger partial charge in [0.05, 0.1) is 17.2 Å². The van der Waals surface area contributed by atoms with Crippen LogP contribution in [0, 0.1) is 6.92 Å². The van der Waals surface area contributed by atoms with Crippen molar-refractivity contribution in [2.24, 2.45) is 0 Å². The maximum Gasteiger partial charge on any atom is 0.434 e. The number of piperidine rings is 1. The number of carboxylic acids is 1. The van der Waals surface area contributed by atoms with Crippen molar-refractivity contribution < 1.29 is 31.9 Å². The van der Waals surface area contributed by atoms with Gasteiger partial charge in [0.15, 0.2) is 11.4 Å². The van der Waals surface area contributed by atoms with E-state index in [1.54, 1.807) is 26.0 Å². The number of anilines is 2. The minimum absolute atomic E-state index is 0.00723. The number of alkyl halides is 5. The van der Waals surface area contributed by atoms with Gasteiger partial charge in [-0.05, 0) is 37.6 Å². The molecule has 0 radical (unpaired) electrons. The van der Waals surface area contributed by atoms with Crippen LogP contribution in [-0.2, 0) is 6.18 Å². The summed E-state index contributed by atoms with van der Waals surface area (Å²) in [5, 5.41) is 13.0. The second kappa shape index (κ2) is 9.47. The summed E-state index contributed by atoms with van der Waals surface area (Å²) in [5.74, 6) is -4.11. The number of hydrogen-bond donors (Lipinski definition) is 2. The van der Waals surface area contributed by atoms with E-state index in [1.165, 1.54) is 21.4 Å². The van der Waals surface area contributed by atoms with Crippen LogP contribution in [0.1, 0.15) is 53.1 Å². The lowest BCUT2D eigenvalue weighted by Gasteiger charge is -2.33. The van der Waals surface area contributed by atoms with Gasteiger partial charge >= 0.3 is 12.1 Å². The van der Waals surface area contributed by atoms with Crippen LogP contribution in [0.25, 0.3) is 16.6 Å². The highest BCUT2D eigenvalue weighted by atomic mass is 35.5. The van der Waals surface area contributed by atoms with Crippen molar-refractivity contribution in [3.63, 3.8) is 0 Å². The number of rotatable bonds is 5. The first-order valence-corrected chi connectivity index (χ1v) is 12.3. The number of halogens is 6. The molecule has 206 valence electrons. The molecule has 5 rings (SSSR count). The molecule has 0 amide bonds. The summed E-state index contributed by atoms with van der Waals surface area (Å²) < 4.78 is 70.0. The summed E-state index contributed by atoms with van der Waals surface area (Å²) in [6.07, 6.45) is -4.84. The third-order valence-electron chi connectivity index (χ3n) is 6.63. The molecule has 39 heavy (non-hydrogen) atoms. The number of aryl methyl sites for hydroxylation is 1. The zero-order valence-corrected chi connectivity index (χ0v) is 21.4. The summed E-state index contributed by atoms with van der Waals surface area (Å²) in [6, 6.07) is 5.71. The minimum Gasteiger partial charge on any atom is -0.476 e. The van der Waals surface area contributed by atoms with Gasteiger partial charge in [0.25, 0.3) is 5.92 Å². The fourth-order valence-corrected chi connectivity index (χ4v) is 4.88. The van der Waals surface area contributed by atoms with Crippen molar-refractivity contribution in [3.8, 4) is 0 Å². The fraction of sp³-hybridized carbons (Fsp3) is 0.360. The first-order chi connectivity index (χ1) is 18.2. The number of aromatic carboxylic acids is 1. The Balaban J connectivity index is 1.69. The van der Waals surface area contributed by atoms with Crippen LogP contribution in [0.3, 0.4) is 0 Å². The average molecular weight is 569 g/mol. The Kier molecular flexibility index (Phi) is 6.52. The van der Waals surface area contributed by atoms with E-state index in [2.05, 4.69) is 20.3 Å². The highest BCUT2D eigenvalue weighted by Gasteiger charge is 2.38. The molecule has 3 aromatic heterocycles. The number of imidazole rings is 1. The molecular weight excluding hydrogens is 547 g/mol. The quantitative estimate of drug-likeness (QED) is 0.213. The topological polar surface area (TPSA) is 95.6 Å². The Morgan fingerprint density at radius 1 is 1.15 bits per heavy atom. The summed E-state index contributed by atoms with van der Waals surface area (Å²) in [5.41, 5.74) is 0.263. The zero-order chi connectivity index (χ0) is 28.3. The molecule has 1 atom stereocenters. The smallest absolute Gasteiger partial charge is 0.434 e. The van der Waals surface area contributed by atoms with Crippen molar-refractivity contribution >= 4 is 45.8 Å². The van der Waals surface area contributed by atoms with E-state index in [1.807, 2.05) is 0 Å². The Hall–Kier alpha value is -3.74. The molecule has 4 aromatic rings. The van der Waals surface area contributed by atoms with E-state index in [0.29, 0.717) is 22.0 Å². The Labute approximate surface area is 223 Å². The van der Waals surface area contributed by atoms with Crippen LogP contribution >= 0.6 is 11.6 Å². The third kappa shape index (κ3) is 5.14. The maximum absolute atomic E-state index is 13.9. The predicted molar refractivity (Wildman–Crippen MR) is 135 cm³/mol. The van der Waals surface area contributed by atoms with Gasteiger partial charge in [-0.3, -0.25) is 4.40 Å². The summed E-state index contributed by atoms with van der Waals surface area (Å²) in [6.45, 7) is 3.28. The zero-order valence-electron chi connectivity index (χ0n) is 20.7. The van der Waals surface area contributed by atoms with Crippen LogP contribution in [-0.4, -0.2) is 49.4 Å². The van der Waals surface area contributed by atoms with E-state index in [4.69, 9.17) is 11.6 Å². The van der Waals surface area contributed by atoms with Gasteiger partial charge in [0, 0.05) is 43.1 Å². The molecule has 1 aliphatic rings. The Bertz CT molecular complexity index is 1600. The molecule has 0 bridgehead atoms. The molecule has 8 nitrogen and oxygen atoms in total. The van der Waals surface area contributed by atoms with E-state index < -0.39 is 42.6 Å². The van der Waals surface area contributed by atoms with Gasteiger partial charge in [-0.15, -0.1) is 0 Å². The first-order valence-electron chi connectivity index (χ1n) is 11.9. The molecule has 0 saturated carbocycles. The number of fused-ring (bicyclic) bond motifs is 3. The third-order valence-corrected chi connectivity index (χ3v) is 6.84. The lowest BCUT2D eigenvalue weighted by Crippen LogP contribution is -2.40. The second-order valence-electron chi connectivity index (χ2n) is 9.52. The normalized spacial score (nSPS) is 16.6. The maximum atomic E-state index is 13.9. The van der Waals surface area contributed by atoms with Gasteiger partial charge in [-0.2, -0.15) is 13.2 Å². The van der Waals surface area contributed by atoms with Crippen molar-refractivity contribution in [3.05, 3.63) is 58.1 Å². The fourth-order valence-electron chi connectivity index (χ4n) is 4.73. The van der Waals surface area contributed by atoms with Crippen molar-refractivity contribution in [2.45, 2.75) is 44.8 Å². The van der Waals surface area contributed by atoms with Crippen LogP contribution in [0.15, 0.2) is 30.5 Å². The number of nitrogens with one attached hydrogen (secondary N) is 1. The number of nitrogens with zero attached hydrogens (tertiary/aromatic N) is 5. The average Bonchev–Trinajstić information content (AvgIpc) is 3.31. The first kappa shape index (κ1) is 26.9. The highest BCUT2D eigenvalue weighted by molar-refractivity contribution is 6.29. The van der Waals surface area contributed by atoms with E-state index in [0.717, 1.165) is 6.20 Å². The number of benzene rings is 1.